The number of carbonyl (C=O) groups is 4. The van der Waals surface area contributed by atoms with Crippen molar-refractivity contribution in [3.05, 3.63) is 36.4 Å². The lowest BCUT2D eigenvalue weighted by molar-refractivity contribution is -0.143. The minimum Gasteiger partial charge on any atom is -0.481 e. The minimum absolute atomic E-state index is 0.0694. The number of imidazole rings is 2. The first kappa shape index (κ1) is 22.5. The maximum absolute atomic E-state index is 12.6. The topological polar surface area (TPSA) is 216 Å². The molecule has 2 aromatic heterocycles. The van der Waals surface area contributed by atoms with Gasteiger partial charge in [-0.25, -0.2) is 14.8 Å². The van der Waals surface area contributed by atoms with Gasteiger partial charge in [0.1, 0.15) is 12.1 Å². The molecule has 0 aliphatic carbocycles. The number of aliphatic carboxylic acids is 2. The summed E-state index contributed by atoms with van der Waals surface area (Å²) in [5.74, 6) is -3.98. The number of nitrogens with zero attached hydrogens (tertiary/aromatic N) is 2. The van der Waals surface area contributed by atoms with E-state index in [2.05, 4.69) is 30.6 Å². The van der Waals surface area contributed by atoms with E-state index >= 15 is 0 Å². The van der Waals surface area contributed by atoms with Crippen LogP contribution in [0.4, 0.5) is 0 Å². The fourth-order valence-corrected chi connectivity index (χ4v) is 2.63. The summed E-state index contributed by atoms with van der Waals surface area (Å²) >= 11 is 0. The molecule has 0 saturated carbocycles. The van der Waals surface area contributed by atoms with Crippen LogP contribution in [0.3, 0.4) is 0 Å². The van der Waals surface area contributed by atoms with Crippen LogP contribution in [0, 0.1) is 0 Å². The Morgan fingerprint density at radius 1 is 0.933 bits per heavy atom. The molecule has 0 spiro atoms. The molecule has 0 aliphatic heterocycles. The zero-order valence-corrected chi connectivity index (χ0v) is 15.9. The lowest BCUT2D eigenvalue weighted by Crippen LogP contribution is -2.55. The lowest BCUT2D eigenvalue weighted by Gasteiger charge is -2.22. The first-order valence-electron chi connectivity index (χ1n) is 9.01. The highest BCUT2D eigenvalue weighted by Crippen LogP contribution is 2.04. The fourth-order valence-electron chi connectivity index (χ4n) is 2.63. The van der Waals surface area contributed by atoms with Gasteiger partial charge in [-0.1, -0.05) is 0 Å². The van der Waals surface area contributed by atoms with Crippen LogP contribution in [0.25, 0.3) is 0 Å². The standard InChI is InChI=1S/C17H23N7O6/c18-11(3-9-5-19-7-21-9)15(27)23-12(1-2-14(25)26)16(28)24-13(17(29)30)4-10-6-20-8-22-10/h5-8,11-13H,1-4,18H2,(H,19,21)(H,20,22)(H,23,27)(H,24,28)(H,25,26)(H,29,30). The lowest BCUT2D eigenvalue weighted by atomic mass is 10.1. The first-order chi connectivity index (χ1) is 14.3. The predicted molar refractivity (Wildman–Crippen MR) is 101 cm³/mol. The summed E-state index contributed by atoms with van der Waals surface area (Å²) in [5.41, 5.74) is 6.93. The van der Waals surface area contributed by atoms with E-state index < -0.39 is 48.3 Å². The molecule has 3 atom stereocenters. The molecule has 13 nitrogen and oxygen atoms in total. The molecule has 0 radical (unpaired) electrons. The largest absolute Gasteiger partial charge is 0.481 e. The summed E-state index contributed by atoms with van der Waals surface area (Å²) in [6, 6.07) is -3.60. The quantitative estimate of drug-likeness (QED) is 0.205. The van der Waals surface area contributed by atoms with E-state index in [9.17, 15) is 24.3 Å². The molecule has 2 aromatic rings. The van der Waals surface area contributed by atoms with Gasteiger partial charge in [0.15, 0.2) is 0 Å². The van der Waals surface area contributed by atoms with E-state index in [4.69, 9.17) is 10.8 Å². The van der Waals surface area contributed by atoms with E-state index in [1.54, 1.807) is 0 Å². The molecular formula is C17H23N7O6. The van der Waals surface area contributed by atoms with Gasteiger partial charge in [0.2, 0.25) is 11.8 Å². The number of carboxylic acids is 2. The van der Waals surface area contributed by atoms with Gasteiger partial charge in [0.25, 0.3) is 0 Å². The zero-order valence-electron chi connectivity index (χ0n) is 15.9. The van der Waals surface area contributed by atoms with Crippen LogP contribution in [-0.2, 0) is 32.0 Å². The summed E-state index contributed by atoms with van der Waals surface area (Å²) in [6.45, 7) is 0. The van der Waals surface area contributed by atoms with E-state index in [1.807, 2.05) is 0 Å². The van der Waals surface area contributed by atoms with Gasteiger partial charge in [0.05, 0.1) is 18.7 Å². The normalized spacial score (nSPS) is 13.8. The van der Waals surface area contributed by atoms with Crippen LogP contribution in [0.5, 0.6) is 0 Å². The second kappa shape index (κ2) is 10.7. The summed E-state index contributed by atoms with van der Waals surface area (Å²) in [5, 5.41) is 23.0. The molecular weight excluding hydrogens is 398 g/mol. The smallest absolute Gasteiger partial charge is 0.326 e. The molecule has 30 heavy (non-hydrogen) atoms. The third kappa shape index (κ3) is 7.01. The second-order valence-electron chi connectivity index (χ2n) is 6.56. The van der Waals surface area contributed by atoms with Crippen LogP contribution in [0.1, 0.15) is 24.2 Å². The Kier molecular flexibility index (Phi) is 8.05. The van der Waals surface area contributed by atoms with Gasteiger partial charge >= 0.3 is 11.9 Å². The number of amides is 2. The molecule has 0 fully saturated rings. The Bertz CT molecular complexity index is 852. The summed E-state index contributed by atoms with van der Waals surface area (Å²) < 4.78 is 0. The number of aromatic amines is 2. The number of hydrogen-bond donors (Lipinski definition) is 7. The van der Waals surface area contributed by atoms with Crippen molar-refractivity contribution in [1.82, 2.24) is 30.6 Å². The number of H-pyrrole nitrogens is 2. The molecule has 13 heteroatoms. The number of rotatable bonds is 12. The molecule has 0 aromatic carbocycles. The molecule has 0 aliphatic rings. The number of nitrogens with two attached hydrogens (primary N) is 1. The molecule has 0 bridgehead atoms. The van der Waals surface area contributed by atoms with Gasteiger partial charge in [-0.3, -0.25) is 14.4 Å². The SMILES string of the molecule is NC(Cc1cnc[nH]1)C(=O)NC(CCC(=O)O)C(=O)NC(Cc1cnc[nH]1)C(=O)O. The molecule has 3 unspecified atom stereocenters. The first-order valence-corrected chi connectivity index (χ1v) is 9.01. The molecule has 8 N–H and O–H groups in total. The van der Waals surface area contributed by atoms with Crippen molar-refractivity contribution in [2.75, 3.05) is 0 Å². The van der Waals surface area contributed by atoms with Crippen molar-refractivity contribution in [3.63, 3.8) is 0 Å². The van der Waals surface area contributed by atoms with Crippen molar-refractivity contribution >= 4 is 23.8 Å². The van der Waals surface area contributed by atoms with Crippen LogP contribution >= 0.6 is 0 Å². The van der Waals surface area contributed by atoms with Gasteiger partial charge < -0.3 is 36.5 Å². The highest BCUT2D eigenvalue weighted by molar-refractivity contribution is 5.92. The Labute approximate surface area is 170 Å². The average Bonchev–Trinajstić information content (AvgIpc) is 3.38. The monoisotopic (exact) mass is 421 g/mol. The molecule has 162 valence electrons. The maximum atomic E-state index is 12.6. The van der Waals surface area contributed by atoms with Gasteiger partial charge in [-0.15, -0.1) is 0 Å². The van der Waals surface area contributed by atoms with Crippen LogP contribution in [0.15, 0.2) is 25.0 Å². The van der Waals surface area contributed by atoms with Crippen LogP contribution in [-0.4, -0.2) is 72.0 Å². The molecule has 2 amide bonds. The van der Waals surface area contributed by atoms with E-state index in [0.29, 0.717) is 11.4 Å². The highest BCUT2D eigenvalue weighted by Gasteiger charge is 2.29. The predicted octanol–water partition coefficient (Wildman–Crippen LogP) is -1.84. The molecule has 0 saturated heterocycles. The third-order valence-corrected chi connectivity index (χ3v) is 4.20. The number of nitrogens with one attached hydrogen (secondary N) is 4. The Hall–Kier alpha value is -3.74. The summed E-state index contributed by atoms with van der Waals surface area (Å²) in [6.07, 6.45) is 5.11. The van der Waals surface area contributed by atoms with Crippen molar-refractivity contribution in [3.8, 4) is 0 Å². The van der Waals surface area contributed by atoms with Crippen molar-refractivity contribution in [1.29, 1.82) is 0 Å². The van der Waals surface area contributed by atoms with E-state index in [-0.39, 0.29) is 19.3 Å². The Morgan fingerprint density at radius 2 is 1.50 bits per heavy atom. The van der Waals surface area contributed by atoms with Crippen molar-refractivity contribution in [2.45, 2.75) is 43.8 Å². The van der Waals surface area contributed by atoms with Crippen molar-refractivity contribution < 1.29 is 29.4 Å². The van der Waals surface area contributed by atoms with Crippen LogP contribution in [0.2, 0.25) is 0 Å². The minimum atomic E-state index is -1.30. The maximum Gasteiger partial charge on any atom is 0.326 e. The summed E-state index contributed by atoms with van der Waals surface area (Å²) in [4.78, 5) is 60.5. The fraction of sp³-hybridized carbons (Fsp3) is 0.412. The Morgan fingerprint density at radius 3 is 2.00 bits per heavy atom. The van der Waals surface area contributed by atoms with E-state index in [0.717, 1.165) is 0 Å². The second-order valence-corrected chi connectivity index (χ2v) is 6.56. The van der Waals surface area contributed by atoms with Gasteiger partial charge in [-0.2, -0.15) is 0 Å². The number of carbonyl (C=O) groups excluding carboxylic acids is 2. The Balaban J connectivity index is 2.03. The number of carboxylic acid groups (broad SMARTS) is 2. The van der Waals surface area contributed by atoms with Gasteiger partial charge in [-0.05, 0) is 6.42 Å². The number of aromatic nitrogens is 4. The highest BCUT2D eigenvalue weighted by atomic mass is 16.4. The average molecular weight is 421 g/mol. The third-order valence-electron chi connectivity index (χ3n) is 4.20. The number of hydrogen-bond acceptors (Lipinski definition) is 7. The van der Waals surface area contributed by atoms with E-state index in [1.165, 1.54) is 25.0 Å². The van der Waals surface area contributed by atoms with Crippen LogP contribution < -0.4 is 16.4 Å². The van der Waals surface area contributed by atoms with Crippen molar-refractivity contribution in [2.24, 2.45) is 5.73 Å². The molecule has 2 rings (SSSR count). The zero-order chi connectivity index (χ0) is 22.1. The summed E-state index contributed by atoms with van der Waals surface area (Å²) in [7, 11) is 0. The van der Waals surface area contributed by atoms with Gasteiger partial charge in [0, 0.05) is 43.0 Å². The molecule has 2 heterocycles.